The lowest BCUT2D eigenvalue weighted by Crippen LogP contribution is -1.89. The van der Waals surface area contributed by atoms with E-state index in [0.29, 0.717) is 0 Å². The second-order valence-corrected chi connectivity index (χ2v) is 5.04. The smallest absolute Gasteiger partial charge is 0.137 e. The summed E-state index contributed by atoms with van der Waals surface area (Å²) in [6.07, 6.45) is 0. The lowest BCUT2D eigenvalue weighted by molar-refractivity contribution is 0.281. The molecule has 0 aliphatic heterocycles. The first-order valence-electron chi connectivity index (χ1n) is 5.43. The Morgan fingerprint density at radius 1 is 1.11 bits per heavy atom. The molecule has 1 N–H and O–H groups in total. The van der Waals surface area contributed by atoms with Crippen LogP contribution in [0.25, 0.3) is 0 Å². The summed E-state index contributed by atoms with van der Waals surface area (Å²) < 4.78 is 26.5. The number of benzene rings is 2. The van der Waals surface area contributed by atoms with Crippen LogP contribution >= 0.6 is 11.8 Å². The van der Waals surface area contributed by atoms with Crippen molar-refractivity contribution in [2.24, 2.45) is 0 Å². The van der Waals surface area contributed by atoms with Crippen LogP contribution in [0.15, 0.2) is 46.2 Å². The van der Waals surface area contributed by atoms with Gasteiger partial charge >= 0.3 is 0 Å². The zero-order chi connectivity index (χ0) is 13.1. The molecule has 0 aromatic heterocycles. The number of aliphatic hydroxyl groups excluding tert-OH is 1. The number of aryl methyl sites for hydroxylation is 1. The predicted molar refractivity (Wildman–Crippen MR) is 67.6 cm³/mol. The van der Waals surface area contributed by atoms with E-state index in [1.54, 1.807) is 12.1 Å². The minimum Gasteiger partial charge on any atom is -0.392 e. The zero-order valence-corrected chi connectivity index (χ0v) is 10.6. The molecule has 0 aliphatic rings. The van der Waals surface area contributed by atoms with E-state index in [1.807, 2.05) is 13.0 Å². The van der Waals surface area contributed by atoms with Crippen molar-refractivity contribution in [2.75, 3.05) is 0 Å². The van der Waals surface area contributed by atoms with Crippen LogP contribution in [0.4, 0.5) is 8.78 Å². The summed E-state index contributed by atoms with van der Waals surface area (Å²) in [5, 5.41) is 9.06. The number of hydrogen-bond acceptors (Lipinski definition) is 2. The monoisotopic (exact) mass is 266 g/mol. The van der Waals surface area contributed by atoms with Crippen molar-refractivity contribution in [2.45, 2.75) is 23.3 Å². The van der Waals surface area contributed by atoms with E-state index in [0.717, 1.165) is 28.2 Å². The van der Waals surface area contributed by atoms with Gasteiger partial charge in [0.15, 0.2) is 0 Å². The molecule has 0 radical (unpaired) electrons. The third-order valence-corrected chi connectivity index (χ3v) is 3.63. The van der Waals surface area contributed by atoms with Crippen molar-refractivity contribution in [1.29, 1.82) is 0 Å². The van der Waals surface area contributed by atoms with Gasteiger partial charge < -0.3 is 5.11 Å². The second-order valence-electron chi connectivity index (χ2n) is 3.92. The number of aliphatic hydroxyl groups is 1. The van der Waals surface area contributed by atoms with Gasteiger partial charge in [-0.1, -0.05) is 17.8 Å². The molecule has 0 spiro atoms. The third kappa shape index (κ3) is 2.89. The number of hydrogen-bond donors (Lipinski definition) is 1. The van der Waals surface area contributed by atoms with Crippen molar-refractivity contribution in [3.63, 3.8) is 0 Å². The fourth-order valence-electron chi connectivity index (χ4n) is 1.59. The SMILES string of the molecule is Cc1cc(Sc2cc(F)ccc2F)ccc1CO. The summed E-state index contributed by atoms with van der Waals surface area (Å²) in [7, 11) is 0. The molecule has 0 bridgehead atoms. The van der Waals surface area contributed by atoms with E-state index in [2.05, 4.69) is 0 Å². The molecular formula is C14H12F2OS. The molecule has 0 unspecified atom stereocenters. The van der Waals surface area contributed by atoms with Crippen molar-refractivity contribution in [3.8, 4) is 0 Å². The molecule has 18 heavy (non-hydrogen) atoms. The van der Waals surface area contributed by atoms with Crippen molar-refractivity contribution < 1.29 is 13.9 Å². The fourth-order valence-corrected chi connectivity index (χ4v) is 2.55. The van der Waals surface area contributed by atoms with Crippen molar-refractivity contribution in [3.05, 3.63) is 59.2 Å². The topological polar surface area (TPSA) is 20.2 Å². The van der Waals surface area contributed by atoms with E-state index >= 15 is 0 Å². The van der Waals surface area contributed by atoms with Crippen LogP contribution in [0.1, 0.15) is 11.1 Å². The van der Waals surface area contributed by atoms with Gasteiger partial charge in [-0.3, -0.25) is 0 Å². The summed E-state index contributed by atoms with van der Waals surface area (Å²) in [6, 6.07) is 8.81. The molecule has 2 aromatic rings. The number of halogens is 2. The summed E-state index contributed by atoms with van der Waals surface area (Å²) in [5.41, 5.74) is 1.76. The van der Waals surface area contributed by atoms with E-state index < -0.39 is 11.6 Å². The Hall–Kier alpha value is -1.39. The summed E-state index contributed by atoms with van der Waals surface area (Å²) in [5.74, 6) is -0.895. The van der Waals surface area contributed by atoms with Gasteiger partial charge in [0.05, 0.1) is 11.5 Å². The average molecular weight is 266 g/mol. The Morgan fingerprint density at radius 3 is 2.56 bits per heavy atom. The molecule has 0 heterocycles. The maximum absolute atomic E-state index is 13.5. The zero-order valence-electron chi connectivity index (χ0n) is 9.78. The largest absolute Gasteiger partial charge is 0.392 e. The van der Waals surface area contributed by atoms with Gasteiger partial charge in [-0.05, 0) is 48.4 Å². The third-order valence-electron chi connectivity index (χ3n) is 2.61. The molecule has 2 aromatic carbocycles. The van der Waals surface area contributed by atoms with Gasteiger partial charge in [-0.25, -0.2) is 8.78 Å². The first-order valence-corrected chi connectivity index (χ1v) is 6.25. The molecule has 0 saturated heterocycles. The Labute approximate surface area is 108 Å². The van der Waals surface area contributed by atoms with Crippen LogP contribution in [-0.4, -0.2) is 5.11 Å². The van der Waals surface area contributed by atoms with Gasteiger partial charge in [0.2, 0.25) is 0 Å². The quantitative estimate of drug-likeness (QED) is 0.908. The Morgan fingerprint density at radius 2 is 1.89 bits per heavy atom. The van der Waals surface area contributed by atoms with Crippen LogP contribution in [-0.2, 0) is 6.61 Å². The van der Waals surface area contributed by atoms with Gasteiger partial charge in [-0.2, -0.15) is 0 Å². The normalized spacial score (nSPS) is 10.7. The summed E-state index contributed by atoms with van der Waals surface area (Å²) in [4.78, 5) is 1.07. The Balaban J connectivity index is 2.28. The predicted octanol–water partition coefficient (Wildman–Crippen LogP) is 3.92. The van der Waals surface area contributed by atoms with Crippen molar-refractivity contribution >= 4 is 11.8 Å². The Bertz CT molecular complexity index is 570. The lowest BCUT2D eigenvalue weighted by atomic mass is 10.1. The maximum Gasteiger partial charge on any atom is 0.137 e. The molecule has 94 valence electrons. The second kappa shape index (κ2) is 5.50. The molecule has 2 rings (SSSR count). The van der Waals surface area contributed by atoms with E-state index in [9.17, 15) is 8.78 Å². The van der Waals surface area contributed by atoms with E-state index in [1.165, 1.54) is 17.8 Å². The molecule has 0 aliphatic carbocycles. The van der Waals surface area contributed by atoms with Crippen LogP contribution < -0.4 is 0 Å². The van der Waals surface area contributed by atoms with Gasteiger partial charge in [0.25, 0.3) is 0 Å². The van der Waals surface area contributed by atoms with Crippen LogP contribution in [0.2, 0.25) is 0 Å². The Kier molecular flexibility index (Phi) is 3.99. The highest BCUT2D eigenvalue weighted by molar-refractivity contribution is 7.99. The molecule has 0 amide bonds. The minimum atomic E-state index is -0.456. The molecular weight excluding hydrogens is 254 g/mol. The van der Waals surface area contributed by atoms with Crippen LogP contribution in [0, 0.1) is 18.6 Å². The molecule has 0 atom stereocenters. The number of rotatable bonds is 3. The minimum absolute atomic E-state index is 0.0227. The van der Waals surface area contributed by atoms with E-state index in [-0.39, 0.29) is 11.5 Å². The highest BCUT2D eigenvalue weighted by Gasteiger charge is 2.07. The van der Waals surface area contributed by atoms with E-state index in [4.69, 9.17) is 5.11 Å². The summed E-state index contributed by atoms with van der Waals surface area (Å²) in [6.45, 7) is 1.85. The highest BCUT2D eigenvalue weighted by Crippen LogP contribution is 2.31. The fraction of sp³-hybridized carbons (Fsp3) is 0.143. The summed E-state index contributed by atoms with van der Waals surface area (Å²) >= 11 is 1.17. The highest BCUT2D eigenvalue weighted by atomic mass is 32.2. The lowest BCUT2D eigenvalue weighted by Gasteiger charge is -2.07. The average Bonchev–Trinajstić information content (AvgIpc) is 2.34. The van der Waals surface area contributed by atoms with Crippen molar-refractivity contribution in [1.82, 2.24) is 0 Å². The molecule has 0 saturated carbocycles. The standard InChI is InChI=1S/C14H12F2OS/c1-9-6-12(4-2-10(9)8-17)18-14-7-11(15)3-5-13(14)16/h2-7,17H,8H2,1H3. The maximum atomic E-state index is 13.5. The van der Waals surface area contributed by atoms with Gasteiger partial charge in [-0.15, -0.1) is 0 Å². The molecule has 1 nitrogen and oxygen atoms in total. The van der Waals surface area contributed by atoms with Gasteiger partial charge in [0.1, 0.15) is 11.6 Å². The van der Waals surface area contributed by atoms with Gasteiger partial charge in [0, 0.05) is 4.90 Å². The molecule has 0 fully saturated rings. The van der Waals surface area contributed by atoms with Crippen LogP contribution in [0.5, 0.6) is 0 Å². The van der Waals surface area contributed by atoms with Crippen LogP contribution in [0.3, 0.4) is 0 Å². The molecule has 4 heteroatoms. The first kappa shape index (κ1) is 13.1. The first-order chi connectivity index (χ1) is 8.60.